The molecule has 1 N–H and O–H groups in total. The summed E-state index contributed by atoms with van der Waals surface area (Å²) in [5.41, 5.74) is 2.54. The van der Waals surface area contributed by atoms with Gasteiger partial charge in [-0.1, -0.05) is 6.42 Å². The van der Waals surface area contributed by atoms with Crippen LogP contribution in [0.25, 0.3) is 0 Å². The summed E-state index contributed by atoms with van der Waals surface area (Å²) >= 11 is 0. The Labute approximate surface area is 121 Å². The molecule has 5 heteroatoms. The Morgan fingerprint density at radius 2 is 2.20 bits per heavy atom. The minimum absolute atomic E-state index is 0.114. The lowest BCUT2D eigenvalue weighted by molar-refractivity contribution is 0.0740. The molecule has 1 fully saturated rings. The SMILES string of the molecule is CCN(CC1CCCCN1)C(=O)c1c(C)nn(C)c1C. The highest BCUT2D eigenvalue weighted by atomic mass is 16.2. The molecule has 1 amide bonds. The molecule has 1 atom stereocenters. The summed E-state index contributed by atoms with van der Waals surface area (Å²) in [7, 11) is 1.89. The molecule has 1 aliphatic heterocycles. The summed E-state index contributed by atoms with van der Waals surface area (Å²) in [6.07, 6.45) is 3.67. The molecule has 0 aliphatic carbocycles. The molecule has 1 aromatic heterocycles. The van der Waals surface area contributed by atoms with Gasteiger partial charge in [0.2, 0.25) is 0 Å². The summed E-state index contributed by atoms with van der Waals surface area (Å²) in [6.45, 7) is 8.52. The third kappa shape index (κ3) is 3.03. The van der Waals surface area contributed by atoms with Gasteiger partial charge in [-0.25, -0.2) is 0 Å². The lowest BCUT2D eigenvalue weighted by Gasteiger charge is -2.30. The molecular formula is C15H26N4O. The molecule has 112 valence electrons. The van der Waals surface area contributed by atoms with Crippen LogP contribution < -0.4 is 5.32 Å². The number of carbonyl (C=O) groups is 1. The molecule has 1 aromatic rings. The molecule has 20 heavy (non-hydrogen) atoms. The van der Waals surface area contributed by atoms with Gasteiger partial charge in [-0.3, -0.25) is 9.48 Å². The normalized spacial score (nSPS) is 19.1. The molecule has 0 aromatic carbocycles. The van der Waals surface area contributed by atoms with Gasteiger partial charge in [0.05, 0.1) is 11.3 Å². The molecule has 0 bridgehead atoms. The number of nitrogens with one attached hydrogen (secondary N) is 1. The van der Waals surface area contributed by atoms with Crippen molar-refractivity contribution in [3.63, 3.8) is 0 Å². The number of hydrogen-bond donors (Lipinski definition) is 1. The number of likely N-dealkylation sites (N-methyl/N-ethyl adjacent to an activating group) is 1. The van der Waals surface area contributed by atoms with Crippen LogP contribution in [-0.2, 0) is 7.05 Å². The molecule has 5 nitrogen and oxygen atoms in total. The Kier molecular flexibility index (Phi) is 4.81. The number of amides is 1. The highest BCUT2D eigenvalue weighted by Crippen LogP contribution is 2.16. The first-order valence-corrected chi connectivity index (χ1v) is 7.57. The van der Waals surface area contributed by atoms with Gasteiger partial charge in [-0.05, 0) is 40.2 Å². The summed E-state index contributed by atoms with van der Waals surface area (Å²) in [6, 6.07) is 0.435. The molecular weight excluding hydrogens is 252 g/mol. The van der Waals surface area contributed by atoms with Crippen LogP contribution in [0, 0.1) is 13.8 Å². The van der Waals surface area contributed by atoms with Crippen molar-refractivity contribution < 1.29 is 4.79 Å². The molecule has 1 aliphatic rings. The largest absolute Gasteiger partial charge is 0.337 e. The second kappa shape index (κ2) is 6.39. The summed E-state index contributed by atoms with van der Waals surface area (Å²) in [5.74, 6) is 0.114. The van der Waals surface area contributed by atoms with E-state index < -0.39 is 0 Å². The van der Waals surface area contributed by atoms with Gasteiger partial charge in [0, 0.05) is 31.9 Å². The number of carbonyl (C=O) groups excluding carboxylic acids is 1. The van der Waals surface area contributed by atoms with E-state index in [0.717, 1.165) is 43.0 Å². The van der Waals surface area contributed by atoms with E-state index in [9.17, 15) is 4.79 Å². The van der Waals surface area contributed by atoms with E-state index in [1.54, 1.807) is 4.68 Å². The number of nitrogens with zero attached hydrogens (tertiary/aromatic N) is 3. The van der Waals surface area contributed by atoms with Gasteiger partial charge in [0.15, 0.2) is 0 Å². The van der Waals surface area contributed by atoms with Crippen molar-refractivity contribution in [1.29, 1.82) is 0 Å². The van der Waals surface area contributed by atoms with E-state index in [4.69, 9.17) is 0 Å². The molecule has 1 saturated heterocycles. The monoisotopic (exact) mass is 278 g/mol. The summed E-state index contributed by atoms with van der Waals surface area (Å²) in [4.78, 5) is 14.7. The lowest BCUT2D eigenvalue weighted by atomic mass is 10.0. The Morgan fingerprint density at radius 3 is 2.70 bits per heavy atom. The molecule has 2 heterocycles. The minimum atomic E-state index is 0.114. The first kappa shape index (κ1) is 15.0. The fourth-order valence-corrected chi connectivity index (χ4v) is 2.94. The van der Waals surface area contributed by atoms with Crippen molar-refractivity contribution in [3.8, 4) is 0 Å². The van der Waals surface area contributed by atoms with Crippen LogP contribution in [0.15, 0.2) is 0 Å². The minimum Gasteiger partial charge on any atom is -0.337 e. The molecule has 1 unspecified atom stereocenters. The zero-order chi connectivity index (χ0) is 14.7. The van der Waals surface area contributed by atoms with E-state index in [2.05, 4.69) is 10.4 Å². The predicted octanol–water partition coefficient (Wildman–Crippen LogP) is 1.64. The van der Waals surface area contributed by atoms with Crippen molar-refractivity contribution >= 4 is 5.91 Å². The van der Waals surface area contributed by atoms with Crippen molar-refractivity contribution in [2.75, 3.05) is 19.6 Å². The van der Waals surface area contributed by atoms with Gasteiger partial charge >= 0.3 is 0 Å². The zero-order valence-electron chi connectivity index (χ0n) is 13.1. The van der Waals surface area contributed by atoms with Crippen LogP contribution >= 0.6 is 0 Å². The topological polar surface area (TPSA) is 50.2 Å². The van der Waals surface area contributed by atoms with Gasteiger partial charge in [0.25, 0.3) is 5.91 Å². The molecule has 2 rings (SSSR count). The van der Waals surface area contributed by atoms with Crippen LogP contribution in [-0.4, -0.2) is 46.3 Å². The average Bonchev–Trinajstić information content (AvgIpc) is 2.70. The van der Waals surface area contributed by atoms with E-state index in [-0.39, 0.29) is 5.91 Å². The highest BCUT2D eigenvalue weighted by Gasteiger charge is 2.24. The maximum atomic E-state index is 12.7. The quantitative estimate of drug-likeness (QED) is 0.911. The van der Waals surface area contributed by atoms with Gasteiger partial charge < -0.3 is 10.2 Å². The van der Waals surface area contributed by atoms with Crippen LogP contribution in [0.3, 0.4) is 0 Å². The Morgan fingerprint density at radius 1 is 1.45 bits per heavy atom. The second-order valence-corrected chi connectivity index (χ2v) is 5.66. The maximum Gasteiger partial charge on any atom is 0.257 e. The fraction of sp³-hybridized carbons (Fsp3) is 0.733. The van der Waals surface area contributed by atoms with E-state index in [0.29, 0.717) is 6.04 Å². The van der Waals surface area contributed by atoms with Gasteiger partial charge in [0.1, 0.15) is 0 Å². The average molecular weight is 278 g/mol. The van der Waals surface area contributed by atoms with Crippen molar-refractivity contribution in [3.05, 3.63) is 17.0 Å². The highest BCUT2D eigenvalue weighted by molar-refractivity contribution is 5.96. The second-order valence-electron chi connectivity index (χ2n) is 5.66. The Balaban J connectivity index is 2.12. The number of aryl methyl sites for hydroxylation is 2. The standard InChI is InChI=1S/C15H26N4O/c1-5-19(10-13-8-6-7-9-16-13)15(20)14-11(2)17-18(4)12(14)3/h13,16H,5-10H2,1-4H3. The molecule has 0 spiro atoms. The molecule has 0 saturated carbocycles. The van der Waals surface area contributed by atoms with E-state index in [1.165, 1.54) is 12.8 Å². The van der Waals surface area contributed by atoms with Crippen molar-refractivity contribution in [1.82, 2.24) is 20.0 Å². The number of piperidine rings is 1. The fourth-order valence-electron chi connectivity index (χ4n) is 2.94. The number of aromatic nitrogens is 2. The first-order valence-electron chi connectivity index (χ1n) is 7.57. The lowest BCUT2D eigenvalue weighted by Crippen LogP contribution is -2.45. The summed E-state index contributed by atoms with van der Waals surface area (Å²) in [5, 5.41) is 7.86. The van der Waals surface area contributed by atoms with Gasteiger partial charge in [-0.15, -0.1) is 0 Å². The smallest absolute Gasteiger partial charge is 0.257 e. The summed E-state index contributed by atoms with van der Waals surface area (Å²) < 4.78 is 1.79. The van der Waals surface area contributed by atoms with Crippen LogP contribution in [0.1, 0.15) is 47.9 Å². The zero-order valence-corrected chi connectivity index (χ0v) is 13.1. The predicted molar refractivity (Wildman–Crippen MR) is 79.9 cm³/mol. The van der Waals surface area contributed by atoms with Crippen LogP contribution in [0.4, 0.5) is 0 Å². The van der Waals surface area contributed by atoms with E-state index >= 15 is 0 Å². The Bertz CT molecular complexity index is 474. The Hall–Kier alpha value is -1.36. The maximum absolute atomic E-state index is 12.7. The van der Waals surface area contributed by atoms with E-state index in [1.807, 2.05) is 32.7 Å². The number of rotatable bonds is 4. The van der Waals surface area contributed by atoms with Crippen molar-refractivity contribution in [2.45, 2.75) is 46.1 Å². The third-order valence-corrected chi connectivity index (χ3v) is 4.24. The first-order chi connectivity index (χ1) is 9.54. The number of hydrogen-bond acceptors (Lipinski definition) is 3. The van der Waals surface area contributed by atoms with Crippen molar-refractivity contribution in [2.24, 2.45) is 7.05 Å². The van der Waals surface area contributed by atoms with Crippen LogP contribution in [0.2, 0.25) is 0 Å². The molecule has 0 radical (unpaired) electrons. The van der Waals surface area contributed by atoms with Crippen LogP contribution in [0.5, 0.6) is 0 Å². The third-order valence-electron chi connectivity index (χ3n) is 4.24. The van der Waals surface area contributed by atoms with Gasteiger partial charge in [-0.2, -0.15) is 5.10 Å².